The summed E-state index contributed by atoms with van der Waals surface area (Å²) in [5.41, 5.74) is 11.8. The molecule has 0 N–H and O–H groups in total. The van der Waals surface area contributed by atoms with E-state index in [-0.39, 0.29) is 6.71 Å². The molecule has 0 spiro atoms. The third kappa shape index (κ3) is 5.32. The van der Waals surface area contributed by atoms with Crippen LogP contribution in [0.4, 0.5) is 34.1 Å². The second-order valence-electron chi connectivity index (χ2n) is 17.0. The maximum atomic E-state index is 10.4. The molecule has 7 heteroatoms. The van der Waals surface area contributed by atoms with Crippen molar-refractivity contribution in [1.82, 2.24) is 0 Å². The zero-order chi connectivity index (χ0) is 43.5. The fourth-order valence-corrected chi connectivity index (χ4v) is 10.8. The number of fused-ring (bicyclic) bond motifs is 6. The van der Waals surface area contributed by atoms with Crippen LogP contribution >= 0.6 is 0 Å². The van der Waals surface area contributed by atoms with Gasteiger partial charge in [0.2, 0.25) is 0 Å². The van der Waals surface area contributed by atoms with E-state index in [1.165, 1.54) is 21.5 Å². The molecule has 0 atom stereocenters. The minimum absolute atomic E-state index is 0.254. The number of anilines is 6. The second-order valence-corrected chi connectivity index (χ2v) is 17.0. The third-order valence-corrected chi connectivity index (χ3v) is 13.5. The molecule has 0 bridgehead atoms. The molecule has 0 unspecified atom stereocenters. The van der Waals surface area contributed by atoms with Crippen LogP contribution in [0.3, 0.4) is 0 Å². The minimum Gasteiger partial charge on any atom is -0.311 e. The number of hydrogen-bond acceptors (Lipinski definition) is 6. The van der Waals surface area contributed by atoms with Gasteiger partial charge in [0, 0.05) is 34.1 Å². The number of nitrogens with zero attached hydrogens (tertiary/aromatic N) is 6. The highest BCUT2D eigenvalue weighted by molar-refractivity contribution is 7.00. The molecule has 13 rings (SSSR count). The Morgan fingerprint density at radius 3 is 1.12 bits per heavy atom. The molecule has 294 valence electrons. The van der Waals surface area contributed by atoms with Crippen molar-refractivity contribution < 1.29 is 0 Å². The smallest absolute Gasteiger partial charge is 0.252 e. The van der Waals surface area contributed by atoms with E-state index in [9.17, 15) is 21.0 Å². The topological polar surface area (TPSA) is 102 Å². The minimum atomic E-state index is -0.254. The molecule has 0 aromatic heterocycles. The van der Waals surface area contributed by atoms with Gasteiger partial charge in [0.05, 0.1) is 46.5 Å². The Morgan fingerprint density at radius 2 is 0.692 bits per heavy atom. The summed E-state index contributed by atoms with van der Waals surface area (Å²) in [6, 6.07) is 70.2. The van der Waals surface area contributed by atoms with Gasteiger partial charge >= 0.3 is 0 Å². The Kier molecular flexibility index (Phi) is 7.56. The molecule has 6 nitrogen and oxygen atoms in total. The molecule has 0 saturated carbocycles. The molecule has 11 aromatic rings. The lowest BCUT2D eigenvalue weighted by molar-refractivity contribution is 1.25. The van der Waals surface area contributed by atoms with Gasteiger partial charge in [-0.2, -0.15) is 21.0 Å². The van der Waals surface area contributed by atoms with Crippen molar-refractivity contribution in [2.75, 3.05) is 9.80 Å². The summed E-state index contributed by atoms with van der Waals surface area (Å²) in [4.78, 5) is 4.45. The monoisotopic (exact) mass is 820 g/mol. The molecule has 0 radical (unpaired) electrons. The Labute approximate surface area is 373 Å². The van der Waals surface area contributed by atoms with Crippen molar-refractivity contribution in [2.24, 2.45) is 0 Å². The quantitative estimate of drug-likeness (QED) is 0.130. The summed E-state index contributed by atoms with van der Waals surface area (Å²) in [5.74, 6) is 0. The fraction of sp³-hybridized carbons (Fsp3) is 0. The fourth-order valence-electron chi connectivity index (χ4n) is 10.8. The highest BCUT2D eigenvalue weighted by Gasteiger charge is 2.44. The highest BCUT2D eigenvalue weighted by Crippen LogP contribution is 2.48. The van der Waals surface area contributed by atoms with Crippen LogP contribution in [0.5, 0.6) is 0 Å². The standard InChI is InChI=1S/C58H29BN6/c60-30-34-16-35(31-61)19-48(18-34)64-52-26-42-8-3-1-6-40(42)24-50(52)59-51-25-41-7-2-4-9-43(41)27-53(51)65(49-20-36(32-62)17-37(21-49)33-63)55-29-47(28-54(64)58(55)59)46-22-44-14-12-38-10-5-11-39-13-15-45(23-46)57(44)56(38)39/h1-29H. The van der Waals surface area contributed by atoms with E-state index in [1.807, 2.05) is 36.4 Å². The molecule has 0 saturated heterocycles. The first-order valence-electron chi connectivity index (χ1n) is 21.4. The van der Waals surface area contributed by atoms with Gasteiger partial charge < -0.3 is 9.80 Å². The van der Waals surface area contributed by atoms with E-state index < -0.39 is 0 Å². The first-order chi connectivity index (χ1) is 32.0. The summed E-state index contributed by atoms with van der Waals surface area (Å²) in [6.45, 7) is -0.254. The number of hydrogen-bond donors (Lipinski definition) is 0. The maximum Gasteiger partial charge on any atom is 0.252 e. The lowest BCUT2D eigenvalue weighted by Gasteiger charge is -2.44. The molecule has 2 aliphatic heterocycles. The van der Waals surface area contributed by atoms with Crippen LogP contribution in [0, 0.1) is 45.3 Å². The second kappa shape index (κ2) is 13.6. The molecule has 65 heavy (non-hydrogen) atoms. The normalized spacial score (nSPS) is 12.5. The first kappa shape index (κ1) is 36.3. The SMILES string of the molecule is N#Cc1cc(C#N)cc(N2c3cc4ccccc4cc3B3c4cc5ccccc5cc4N(c4cc(C#N)cc(C#N)c4)c4cc(-c5cc6ccc7cccc8ccc(c5)c6c78)cc2c43)c1. The van der Waals surface area contributed by atoms with E-state index in [4.69, 9.17) is 0 Å². The average molecular weight is 821 g/mol. The summed E-state index contributed by atoms with van der Waals surface area (Å²) in [5, 5.41) is 52.9. The summed E-state index contributed by atoms with van der Waals surface area (Å²) < 4.78 is 0. The van der Waals surface area contributed by atoms with Gasteiger partial charge in [-0.1, -0.05) is 103 Å². The summed E-state index contributed by atoms with van der Waals surface area (Å²) in [6.07, 6.45) is 0. The molecular formula is C58H29BN6. The van der Waals surface area contributed by atoms with Crippen LogP contribution in [0.1, 0.15) is 22.3 Å². The van der Waals surface area contributed by atoms with Crippen molar-refractivity contribution >= 4 is 111 Å². The van der Waals surface area contributed by atoms with Gasteiger partial charge in [-0.3, -0.25) is 0 Å². The molecule has 11 aromatic carbocycles. The average Bonchev–Trinajstić information content (AvgIpc) is 3.36. The van der Waals surface area contributed by atoms with E-state index in [0.717, 1.165) is 82.6 Å². The molecular weight excluding hydrogens is 791 g/mol. The molecule has 0 fully saturated rings. The van der Waals surface area contributed by atoms with Gasteiger partial charge in [-0.15, -0.1) is 0 Å². The van der Waals surface area contributed by atoms with E-state index >= 15 is 0 Å². The molecule has 0 amide bonds. The van der Waals surface area contributed by atoms with Gasteiger partial charge in [-0.25, -0.2) is 0 Å². The number of rotatable bonds is 3. The van der Waals surface area contributed by atoms with Crippen molar-refractivity contribution in [2.45, 2.75) is 0 Å². The maximum absolute atomic E-state index is 10.4. The van der Waals surface area contributed by atoms with Crippen LogP contribution in [-0.4, -0.2) is 6.71 Å². The van der Waals surface area contributed by atoms with Crippen LogP contribution in [0.2, 0.25) is 0 Å². The Bertz CT molecular complexity index is 3790. The zero-order valence-electron chi connectivity index (χ0n) is 34.5. The molecule has 2 heterocycles. The highest BCUT2D eigenvalue weighted by atomic mass is 15.2. The Hall–Kier alpha value is -9.40. The van der Waals surface area contributed by atoms with Crippen molar-refractivity contribution in [1.29, 1.82) is 21.0 Å². The van der Waals surface area contributed by atoms with Gasteiger partial charge in [0.15, 0.2) is 0 Å². The third-order valence-electron chi connectivity index (χ3n) is 13.5. The van der Waals surface area contributed by atoms with Gasteiger partial charge in [0.25, 0.3) is 6.71 Å². The van der Waals surface area contributed by atoms with Crippen molar-refractivity contribution in [3.63, 3.8) is 0 Å². The first-order valence-corrected chi connectivity index (χ1v) is 21.4. The van der Waals surface area contributed by atoms with Gasteiger partial charge in [0.1, 0.15) is 0 Å². The number of nitriles is 4. The zero-order valence-corrected chi connectivity index (χ0v) is 34.5. The molecule has 0 aliphatic carbocycles. The number of benzene rings is 11. The van der Waals surface area contributed by atoms with Crippen molar-refractivity contribution in [3.05, 3.63) is 198 Å². The van der Waals surface area contributed by atoms with E-state index in [2.05, 4.69) is 161 Å². The van der Waals surface area contributed by atoms with Crippen LogP contribution in [0.25, 0.3) is 65.0 Å². The van der Waals surface area contributed by atoms with Crippen molar-refractivity contribution in [3.8, 4) is 35.4 Å². The van der Waals surface area contributed by atoms with Gasteiger partial charge in [-0.05, 0) is 154 Å². The van der Waals surface area contributed by atoms with Crippen LogP contribution in [0.15, 0.2) is 176 Å². The Balaban J connectivity index is 1.20. The lowest BCUT2D eigenvalue weighted by atomic mass is 9.33. The Morgan fingerprint density at radius 1 is 0.323 bits per heavy atom. The summed E-state index contributed by atoms with van der Waals surface area (Å²) in [7, 11) is 0. The predicted octanol–water partition coefficient (Wildman–Crippen LogP) is 12.1. The summed E-state index contributed by atoms with van der Waals surface area (Å²) >= 11 is 0. The van der Waals surface area contributed by atoms with E-state index in [0.29, 0.717) is 33.6 Å². The largest absolute Gasteiger partial charge is 0.311 e. The van der Waals surface area contributed by atoms with E-state index in [1.54, 1.807) is 12.1 Å². The lowest BCUT2D eigenvalue weighted by Crippen LogP contribution is -2.61. The van der Waals surface area contributed by atoms with Crippen LogP contribution < -0.4 is 26.2 Å². The molecule has 2 aliphatic rings. The van der Waals surface area contributed by atoms with Crippen LogP contribution in [-0.2, 0) is 0 Å². The predicted molar refractivity (Wildman–Crippen MR) is 263 cm³/mol.